The molecule has 0 aliphatic heterocycles. The first kappa shape index (κ1) is 21.8. The molecule has 0 saturated carbocycles. The molecule has 0 aliphatic rings. The van der Waals surface area contributed by atoms with Crippen molar-refractivity contribution in [3.8, 4) is 0 Å². The van der Waals surface area contributed by atoms with E-state index in [1.807, 2.05) is 12.5 Å². The van der Waals surface area contributed by atoms with Crippen molar-refractivity contribution in [1.29, 1.82) is 0 Å². The predicted molar refractivity (Wildman–Crippen MR) is 123 cm³/mol. The summed E-state index contributed by atoms with van der Waals surface area (Å²) in [7, 11) is 0. The zero-order chi connectivity index (χ0) is 19.1. The number of unbranched alkanes of at least 4 members (excludes halogenated alkanes) is 1. The molecule has 2 aromatic rings. The maximum atomic E-state index is 5.81. The minimum absolute atomic E-state index is 0.322. The molecular formula is C12H18N8S6. The number of aromatic nitrogens is 6. The average Bonchev–Trinajstić information content (AvgIpc) is 3.19. The molecule has 0 spiro atoms. The van der Waals surface area contributed by atoms with Crippen molar-refractivity contribution in [3.05, 3.63) is 0 Å². The number of nitrogens with zero attached hydrogens (tertiary/aromatic N) is 6. The molecule has 2 rings (SSSR count). The van der Waals surface area contributed by atoms with Crippen molar-refractivity contribution in [2.45, 2.75) is 23.2 Å². The van der Waals surface area contributed by atoms with Crippen LogP contribution in [0.2, 0.25) is 0 Å². The normalized spacial score (nSPS) is 11.0. The fourth-order valence-electron chi connectivity index (χ4n) is 1.70. The largest absolute Gasteiger partial charge is 0.368 e. The molecule has 4 N–H and O–H groups in total. The molecule has 0 fully saturated rings. The Labute approximate surface area is 179 Å². The van der Waals surface area contributed by atoms with Crippen LogP contribution in [-0.2, 0) is 0 Å². The minimum atomic E-state index is 0.322. The van der Waals surface area contributed by atoms with Crippen LogP contribution in [0.3, 0.4) is 0 Å². The summed E-state index contributed by atoms with van der Waals surface area (Å²) >= 11 is 16.7. The van der Waals surface area contributed by atoms with E-state index in [-0.39, 0.29) is 0 Å². The van der Waals surface area contributed by atoms with E-state index in [4.69, 9.17) is 35.9 Å². The third-order valence-corrected chi connectivity index (χ3v) is 6.88. The first-order chi connectivity index (χ1) is 12.5. The predicted octanol–water partition coefficient (Wildman–Crippen LogP) is 2.69. The van der Waals surface area contributed by atoms with Crippen LogP contribution in [-0.4, -0.2) is 62.2 Å². The van der Waals surface area contributed by atoms with Crippen LogP contribution in [0.25, 0.3) is 0 Å². The highest BCUT2D eigenvalue weighted by molar-refractivity contribution is 8.23. The van der Waals surface area contributed by atoms with E-state index in [2.05, 4.69) is 20.2 Å². The monoisotopic (exact) mass is 466 g/mol. The quantitative estimate of drug-likeness (QED) is 0.355. The molecule has 2 heterocycles. The number of nitrogen functional groups attached to an aromatic ring is 2. The number of hydrogen-bond acceptors (Lipinski definition) is 12. The number of nitrogens with two attached hydrogens (primary N) is 2. The highest BCUT2D eigenvalue weighted by atomic mass is 32.2. The van der Waals surface area contributed by atoms with Crippen molar-refractivity contribution >= 4 is 92.0 Å². The molecule has 8 nitrogen and oxygen atoms in total. The van der Waals surface area contributed by atoms with E-state index in [1.54, 1.807) is 23.5 Å². The summed E-state index contributed by atoms with van der Waals surface area (Å²) in [4.78, 5) is 8.24. The van der Waals surface area contributed by atoms with E-state index in [1.165, 1.54) is 32.9 Å². The number of rotatable bonds is 7. The summed E-state index contributed by atoms with van der Waals surface area (Å²) in [5, 5.41) is 9.73. The van der Waals surface area contributed by atoms with Gasteiger partial charge in [-0.15, -0.1) is 10.2 Å². The first-order valence-electron chi connectivity index (χ1n) is 7.33. The SMILES string of the molecule is CSc1nc(N)n(C(=S)SCCCCSC(=S)n2nc(SC)nc2N)n1. The van der Waals surface area contributed by atoms with Crippen LogP contribution in [0.4, 0.5) is 11.9 Å². The van der Waals surface area contributed by atoms with Crippen molar-refractivity contribution in [2.24, 2.45) is 0 Å². The Morgan fingerprint density at radius 3 is 1.54 bits per heavy atom. The Bertz CT molecular complexity index is 708. The lowest BCUT2D eigenvalue weighted by molar-refractivity contribution is 0.894. The van der Waals surface area contributed by atoms with Crippen molar-refractivity contribution in [3.63, 3.8) is 0 Å². The summed E-state index contributed by atoms with van der Waals surface area (Å²) in [5.41, 5.74) is 11.6. The number of thiocarbonyl (C=S) groups is 2. The second kappa shape index (κ2) is 10.7. The van der Waals surface area contributed by atoms with Gasteiger partial charge in [0, 0.05) is 11.5 Å². The van der Waals surface area contributed by atoms with E-state index in [0.29, 0.717) is 30.9 Å². The van der Waals surface area contributed by atoms with Crippen LogP contribution in [0, 0.1) is 0 Å². The summed E-state index contributed by atoms with van der Waals surface area (Å²) in [6.07, 6.45) is 5.78. The Morgan fingerprint density at radius 1 is 0.846 bits per heavy atom. The third kappa shape index (κ3) is 5.99. The molecule has 0 aromatic carbocycles. The van der Waals surface area contributed by atoms with Gasteiger partial charge in [-0.3, -0.25) is 0 Å². The van der Waals surface area contributed by atoms with Crippen molar-refractivity contribution in [1.82, 2.24) is 29.5 Å². The lowest BCUT2D eigenvalue weighted by Gasteiger charge is -2.05. The topological polar surface area (TPSA) is 113 Å². The lowest BCUT2D eigenvalue weighted by Crippen LogP contribution is -2.12. The highest BCUT2D eigenvalue weighted by Gasteiger charge is 2.12. The van der Waals surface area contributed by atoms with Gasteiger partial charge in [0.2, 0.25) is 22.2 Å². The standard InChI is InChI=1S/C12H18N8S6/c1-23-9-15-7(13)19(17-9)11(21)25-5-3-4-6-26-12(22)20-8(14)16-10(18-20)24-2/h3-6H2,1-2H3,(H2,13,15,17)(H2,14,16,18). The minimum Gasteiger partial charge on any atom is -0.368 e. The van der Waals surface area contributed by atoms with E-state index < -0.39 is 0 Å². The van der Waals surface area contributed by atoms with Crippen LogP contribution < -0.4 is 11.5 Å². The van der Waals surface area contributed by atoms with Gasteiger partial charge >= 0.3 is 0 Å². The molecule has 2 aromatic heterocycles. The molecule has 14 heteroatoms. The number of hydrogen-bond donors (Lipinski definition) is 2. The molecule has 0 bridgehead atoms. The van der Waals surface area contributed by atoms with Gasteiger partial charge in [0.25, 0.3) is 0 Å². The molecule has 0 unspecified atom stereocenters. The lowest BCUT2D eigenvalue weighted by atomic mass is 10.4. The van der Waals surface area contributed by atoms with E-state index >= 15 is 0 Å². The van der Waals surface area contributed by atoms with Gasteiger partial charge in [0.15, 0.2) is 8.64 Å². The second-order valence-electron chi connectivity index (χ2n) is 4.67. The Balaban J connectivity index is 1.67. The van der Waals surface area contributed by atoms with E-state index in [0.717, 1.165) is 24.3 Å². The molecule has 142 valence electrons. The molecule has 0 radical (unpaired) electrons. The Hall–Kier alpha value is -0.540. The van der Waals surface area contributed by atoms with Gasteiger partial charge < -0.3 is 11.5 Å². The molecule has 0 saturated heterocycles. The molecular weight excluding hydrogens is 449 g/mol. The van der Waals surface area contributed by atoms with Gasteiger partial charge in [-0.05, 0) is 25.4 Å². The molecule has 0 amide bonds. The van der Waals surface area contributed by atoms with Crippen molar-refractivity contribution in [2.75, 3.05) is 35.5 Å². The van der Waals surface area contributed by atoms with Crippen molar-refractivity contribution < 1.29 is 0 Å². The second-order valence-corrected chi connectivity index (χ2v) is 9.68. The third-order valence-electron chi connectivity index (χ3n) is 2.93. The molecule has 26 heavy (non-hydrogen) atoms. The molecule has 0 atom stereocenters. The van der Waals surface area contributed by atoms with Gasteiger partial charge in [-0.2, -0.15) is 19.3 Å². The smallest absolute Gasteiger partial charge is 0.225 e. The van der Waals surface area contributed by atoms with Crippen LogP contribution in [0.1, 0.15) is 12.8 Å². The van der Waals surface area contributed by atoms with Gasteiger partial charge in [0.05, 0.1) is 0 Å². The van der Waals surface area contributed by atoms with Gasteiger partial charge in [-0.1, -0.05) is 71.5 Å². The number of anilines is 2. The molecule has 0 aliphatic carbocycles. The van der Waals surface area contributed by atoms with E-state index in [9.17, 15) is 0 Å². The van der Waals surface area contributed by atoms with Gasteiger partial charge in [0.1, 0.15) is 0 Å². The summed E-state index contributed by atoms with van der Waals surface area (Å²) in [6.45, 7) is 0. The Morgan fingerprint density at radius 2 is 1.23 bits per heavy atom. The fourth-order valence-corrected chi connectivity index (χ4v) is 4.72. The highest BCUT2D eigenvalue weighted by Crippen LogP contribution is 2.18. The van der Waals surface area contributed by atoms with Crippen LogP contribution >= 0.6 is 71.5 Å². The van der Waals surface area contributed by atoms with Crippen LogP contribution in [0.15, 0.2) is 10.3 Å². The van der Waals surface area contributed by atoms with Gasteiger partial charge in [-0.25, -0.2) is 0 Å². The first-order valence-corrected chi connectivity index (χ1v) is 12.6. The average molecular weight is 467 g/mol. The fraction of sp³-hybridized carbons (Fsp3) is 0.500. The Kier molecular flexibility index (Phi) is 8.96. The zero-order valence-electron chi connectivity index (χ0n) is 14.1. The maximum absolute atomic E-state index is 5.81. The summed E-state index contributed by atoms with van der Waals surface area (Å²) in [5.74, 6) is 2.40. The zero-order valence-corrected chi connectivity index (χ0v) is 19.0. The number of thioether (sulfide) groups is 4. The maximum Gasteiger partial charge on any atom is 0.225 e. The summed E-state index contributed by atoms with van der Waals surface area (Å²) in [6, 6.07) is 0. The van der Waals surface area contributed by atoms with Crippen LogP contribution in [0.5, 0.6) is 0 Å². The summed E-state index contributed by atoms with van der Waals surface area (Å²) < 4.78 is 4.23.